The maximum Gasteiger partial charge on any atom is 0.000251 e. The van der Waals surface area contributed by atoms with E-state index in [0.29, 0.717) is 10.8 Å². The van der Waals surface area contributed by atoms with E-state index in [4.69, 9.17) is 5.73 Å². The van der Waals surface area contributed by atoms with Crippen molar-refractivity contribution in [3.8, 4) is 0 Å². The average Bonchev–Trinajstić information content (AvgIpc) is 2.26. The third-order valence-electron chi connectivity index (χ3n) is 3.56. The van der Waals surface area contributed by atoms with Gasteiger partial charge < -0.3 is 11.1 Å². The van der Waals surface area contributed by atoms with Crippen LogP contribution in [0.1, 0.15) is 87.5 Å². The van der Waals surface area contributed by atoms with Gasteiger partial charge in [0.25, 0.3) is 0 Å². The summed E-state index contributed by atoms with van der Waals surface area (Å²) in [5.74, 6) is 0.848. The largest absolute Gasteiger partial charge is 0.330 e. The highest BCUT2D eigenvalue weighted by Gasteiger charge is 2.15. The van der Waals surface area contributed by atoms with E-state index in [1.54, 1.807) is 0 Å². The van der Waals surface area contributed by atoms with Crippen LogP contribution in [0, 0.1) is 16.7 Å². The van der Waals surface area contributed by atoms with E-state index in [0.717, 1.165) is 18.9 Å². The Morgan fingerprint density at radius 3 is 1.90 bits per heavy atom. The van der Waals surface area contributed by atoms with Crippen LogP contribution in [-0.2, 0) is 0 Å². The van der Waals surface area contributed by atoms with Gasteiger partial charge in [-0.2, -0.15) is 0 Å². The Kier molecular flexibility index (Phi) is 13.8. The molecule has 0 saturated carbocycles. The van der Waals surface area contributed by atoms with Gasteiger partial charge in [-0.1, -0.05) is 61.8 Å². The number of hydrogen-bond acceptors (Lipinski definition) is 2. The molecular formula is C19H44N2. The van der Waals surface area contributed by atoms with Crippen molar-refractivity contribution in [2.45, 2.75) is 87.5 Å². The fourth-order valence-electron chi connectivity index (χ4n) is 2.26. The molecule has 2 nitrogen and oxygen atoms in total. The van der Waals surface area contributed by atoms with Gasteiger partial charge in [-0.05, 0) is 55.5 Å². The SMILES string of the molecule is CC(C)(C)CCN.CCCC(C)(C)CNCCCC(C)C. The predicted molar refractivity (Wildman–Crippen MR) is 98.8 cm³/mol. The summed E-state index contributed by atoms with van der Waals surface area (Å²) in [6.07, 6.45) is 6.40. The molecule has 0 spiro atoms. The lowest BCUT2D eigenvalue weighted by molar-refractivity contribution is 0.309. The fourth-order valence-corrected chi connectivity index (χ4v) is 2.26. The van der Waals surface area contributed by atoms with Crippen molar-refractivity contribution in [1.82, 2.24) is 5.32 Å². The highest BCUT2D eigenvalue weighted by molar-refractivity contribution is 4.70. The summed E-state index contributed by atoms with van der Waals surface area (Å²) in [5, 5.41) is 3.57. The summed E-state index contributed by atoms with van der Waals surface area (Å²) in [4.78, 5) is 0. The molecule has 0 aromatic rings. The normalized spacial score (nSPS) is 12.3. The van der Waals surface area contributed by atoms with Crippen LogP contribution in [-0.4, -0.2) is 19.6 Å². The number of rotatable bonds is 9. The van der Waals surface area contributed by atoms with E-state index in [-0.39, 0.29) is 0 Å². The number of nitrogens with two attached hydrogens (primary N) is 1. The quantitative estimate of drug-likeness (QED) is 0.573. The second-order valence-corrected chi connectivity index (χ2v) is 8.73. The van der Waals surface area contributed by atoms with Gasteiger partial charge in [0.2, 0.25) is 0 Å². The highest BCUT2D eigenvalue weighted by Crippen LogP contribution is 2.20. The van der Waals surface area contributed by atoms with Gasteiger partial charge in [0, 0.05) is 6.54 Å². The summed E-state index contributed by atoms with van der Waals surface area (Å²) in [7, 11) is 0. The minimum Gasteiger partial charge on any atom is -0.330 e. The molecule has 0 fully saturated rings. The van der Waals surface area contributed by atoms with Crippen LogP contribution in [0.3, 0.4) is 0 Å². The van der Waals surface area contributed by atoms with E-state index in [1.807, 2.05) is 0 Å². The van der Waals surface area contributed by atoms with Crippen molar-refractivity contribution >= 4 is 0 Å². The minimum absolute atomic E-state index is 0.425. The van der Waals surface area contributed by atoms with Gasteiger partial charge in [0.05, 0.1) is 0 Å². The zero-order valence-corrected chi connectivity index (χ0v) is 16.3. The molecule has 3 N–H and O–H groups in total. The number of hydrogen-bond donors (Lipinski definition) is 2. The van der Waals surface area contributed by atoms with Crippen molar-refractivity contribution in [1.29, 1.82) is 0 Å². The van der Waals surface area contributed by atoms with Gasteiger partial charge in [-0.15, -0.1) is 0 Å². The van der Waals surface area contributed by atoms with Gasteiger partial charge in [-0.25, -0.2) is 0 Å². The van der Waals surface area contributed by atoms with E-state index in [1.165, 1.54) is 38.8 Å². The maximum absolute atomic E-state index is 5.31. The van der Waals surface area contributed by atoms with Crippen LogP contribution in [0.15, 0.2) is 0 Å². The first-order valence-electron chi connectivity index (χ1n) is 8.95. The van der Waals surface area contributed by atoms with Crippen molar-refractivity contribution < 1.29 is 0 Å². The van der Waals surface area contributed by atoms with Crippen LogP contribution >= 0.6 is 0 Å². The van der Waals surface area contributed by atoms with Crippen molar-refractivity contribution in [3.63, 3.8) is 0 Å². The second kappa shape index (κ2) is 12.5. The Balaban J connectivity index is 0. The standard InChI is InChI=1S/C13H29N.C6H15N/c1-6-9-13(4,5)11-14-10-7-8-12(2)3;1-6(2,3)4-5-7/h12,14H,6-11H2,1-5H3;4-5,7H2,1-3H3. The Morgan fingerprint density at radius 1 is 1.00 bits per heavy atom. The number of nitrogens with one attached hydrogen (secondary N) is 1. The maximum atomic E-state index is 5.31. The van der Waals surface area contributed by atoms with Crippen LogP contribution in [0.2, 0.25) is 0 Å². The Morgan fingerprint density at radius 2 is 1.57 bits per heavy atom. The third-order valence-corrected chi connectivity index (χ3v) is 3.56. The van der Waals surface area contributed by atoms with Crippen LogP contribution in [0.5, 0.6) is 0 Å². The molecule has 0 saturated heterocycles. The summed E-state index contributed by atoms with van der Waals surface area (Å²) < 4.78 is 0. The van der Waals surface area contributed by atoms with E-state index in [2.05, 4.69) is 60.7 Å². The molecule has 0 aliphatic heterocycles. The molecule has 0 unspecified atom stereocenters. The van der Waals surface area contributed by atoms with Gasteiger partial charge in [-0.3, -0.25) is 0 Å². The zero-order valence-electron chi connectivity index (χ0n) is 16.3. The molecule has 0 aromatic heterocycles. The Hall–Kier alpha value is -0.0800. The molecule has 0 atom stereocenters. The molecule has 0 bridgehead atoms. The molecule has 130 valence electrons. The predicted octanol–water partition coefficient (Wildman–Crippen LogP) is 5.22. The Bertz CT molecular complexity index is 214. The first-order chi connectivity index (χ1) is 9.54. The lowest BCUT2D eigenvalue weighted by Gasteiger charge is -2.24. The lowest BCUT2D eigenvalue weighted by Crippen LogP contribution is -2.30. The molecular weight excluding hydrogens is 256 g/mol. The van der Waals surface area contributed by atoms with Gasteiger partial charge >= 0.3 is 0 Å². The van der Waals surface area contributed by atoms with Gasteiger partial charge in [0.1, 0.15) is 0 Å². The molecule has 2 heteroatoms. The Labute approximate surface area is 135 Å². The molecule has 0 aliphatic carbocycles. The summed E-state index contributed by atoms with van der Waals surface area (Å²) in [6, 6.07) is 0. The van der Waals surface area contributed by atoms with Crippen molar-refractivity contribution in [3.05, 3.63) is 0 Å². The van der Waals surface area contributed by atoms with Gasteiger partial charge in [0.15, 0.2) is 0 Å². The zero-order chi connectivity index (χ0) is 16.9. The minimum atomic E-state index is 0.425. The first kappa shape index (κ1) is 23.2. The lowest BCUT2D eigenvalue weighted by atomic mass is 9.88. The van der Waals surface area contributed by atoms with E-state index < -0.39 is 0 Å². The summed E-state index contributed by atoms with van der Waals surface area (Å²) in [5.41, 5.74) is 6.22. The molecule has 0 radical (unpaired) electrons. The average molecular weight is 301 g/mol. The summed E-state index contributed by atoms with van der Waals surface area (Å²) in [6.45, 7) is 21.3. The molecule has 0 rings (SSSR count). The smallest absolute Gasteiger partial charge is 0.000251 e. The van der Waals surface area contributed by atoms with E-state index in [9.17, 15) is 0 Å². The van der Waals surface area contributed by atoms with Crippen LogP contribution in [0.4, 0.5) is 0 Å². The molecule has 0 heterocycles. The monoisotopic (exact) mass is 300 g/mol. The molecule has 0 aromatic carbocycles. The fraction of sp³-hybridized carbons (Fsp3) is 1.00. The van der Waals surface area contributed by atoms with Crippen molar-refractivity contribution in [2.75, 3.05) is 19.6 Å². The van der Waals surface area contributed by atoms with E-state index >= 15 is 0 Å². The summed E-state index contributed by atoms with van der Waals surface area (Å²) >= 11 is 0. The molecule has 21 heavy (non-hydrogen) atoms. The first-order valence-corrected chi connectivity index (χ1v) is 8.95. The highest BCUT2D eigenvalue weighted by atomic mass is 14.9. The van der Waals surface area contributed by atoms with Crippen LogP contribution < -0.4 is 11.1 Å². The van der Waals surface area contributed by atoms with Crippen LogP contribution in [0.25, 0.3) is 0 Å². The van der Waals surface area contributed by atoms with Crippen molar-refractivity contribution in [2.24, 2.45) is 22.5 Å². The molecule has 0 aliphatic rings. The molecule has 0 amide bonds. The second-order valence-electron chi connectivity index (χ2n) is 8.73. The third kappa shape index (κ3) is 22.3. The topological polar surface area (TPSA) is 38.0 Å².